The molecule has 1 rings (SSSR count). The molecule has 1 N–H and O–H groups in total. The van der Waals surface area contributed by atoms with E-state index in [2.05, 4.69) is 0 Å². The molecule has 7 heteroatoms. The van der Waals surface area contributed by atoms with Crippen LogP contribution in [0.5, 0.6) is 0 Å². The smallest absolute Gasteiger partial charge is 0.308 e. The van der Waals surface area contributed by atoms with Crippen molar-refractivity contribution in [3.05, 3.63) is 0 Å². The second-order valence-corrected chi connectivity index (χ2v) is 6.20. The summed E-state index contributed by atoms with van der Waals surface area (Å²) in [5.74, 6) is -4.96. The maximum absolute atomic E-state index is 13.2. The first-order valence-electron chi connectivity index (χ1n) is 8.24. The summed E-state index contributed by atoms with van der Waals surface area (Å²) in [4.78, 5) is 25.1. The molecule has 0 spiro atoms. The van der Waals surface area contributed by atoms with Crippen molar-refractivity contribution < 1.29 is 28.2 Å². The molecule has 0 aromatic carbocycles. The highest BCUT2D eigenvalue weighted by molar-refractivity contribution is 5.80. The van der Waals surface area contributed by atoms with Crippen LogP contribution in [-0.2, 0) is 14.3 Å². The van der Waals surface area contributed by atoms with Gasteiger partial charge in [-0.15, -0.1) is 0 Å². The molecular formula is C16H27F2NO4. The predicted octanol–water partition coefficient (Wildman–Crippen LogP) is 2.79. The third-order valence-electron chi connectivity index (χ3n) is 4.21. The van der Waals surface area contributed by atoms with E-state index in [0.29, 0.717) is 26.2 Å². The molecule has 134 valence electrons. The molecule has 1 aliphatic rings. The molecule has 0 bridgehead atoms. The maximum Gasteiger partial charge on any atom is 0.308 e. The SMILES string of the molecule is CCOCCCN(CC(C)C(=O)O)C(=O)C1CCC(F)(F)CC1. The van der Waals surface area contributed by atoms with Gasteiger partial charge in [-0.25, -0.2) is 8.78 Å². The molecule has 0 aromatic rings. The van der Waals surface area contributed by atoms with Gasteiger partial charge < -0.3 is 14.7 Å². The third-order valence-corrected chi connectivity index (χ3v) is 4.21. The van der Waals surface area contributed by atoms with Crippen molar-refractivity contribution in [3.63, 3.8) is 0 Å². The summed E-state index contributed by atoms with van der Waals surface area (Å²) in [7, 11) is 0. The number of alkyl halides is 2. The number of carbonyl (C=O) groups excluding carboxylic acids is 1. The van der Waals surface area contributed by atoms with Crippen molar-refractivity contribution in [2.24, 2.45) is 11.8 Å². The van der Waals surface area contributed by atoms with Crippen molar-refractivity contribution in [3.8, 4) is 0 Å². The van der Waals surface area contributed by atoms with E-state index in [4.69, 9.17) is 9.84 Å². The Bertz CT molecular complexity index is 394. The number of rotatable bonds is 9. The van der Waals surface area contributed by atoms with Gasteiger partial charge in [-0.05, 0) is 26.2 Å². The lowest BCUT2D eigenvalue weighted by atomic mass is 9.85. The third kappa shape index (κ3) is 6.81. The van der Waals surface area contributed by atoms with Crippen LogP contribution in [0.25, 0.3) is 0 Å². The van der Waals surface area contributed by atoms with Crippen LogP contribution in [0, 0.1) is 11.8 Å². The maximum atomic E-state index is 13.2. The van der Waals surface area contributed by atoms with Crippen molar-refractivity contribution in [1.29, 1.82) is 0 Å². The first-order chi connectivity index (χ1) is 10.8. The average Bonchev–Trinajstić information content (AvgIpc) is 2.49. The van der Waals surface area contributed by atoms with Gasteiger partial charge in [0.15, 0.2) is 0 Å². The summed E-state index contributed by atoms with van der Waals surface area (Å²) in [5.41, 5.74) is 0. The van der Waals surface area contributed by atoms with Crippen molar-refractivity contribution in [2.45, 2.75) is 51.9 Å². The molecule has 0 aromatic heterocycles. The Kier molecular flexibility index (Phi) is 7.88. The summed E-state index contributed by atoms with van der Waals surface area (Å²) >= 11 is 0. The molecular weight excluding hydrogens is 308 g/mol. The van der Waals surface area contributed by atoms with Crippen LogP contribution in [0.1, 0.15) is 46.0 Å². The molecule has 0 radical (unpaired) electrons. The van der Waals surface area contributed by atoms with E-state index in [0.717, 1.165) is 0 Å². The standard InChI is InChI=1S/C16H27F2NO4/c1-3-23-10-4-9-19(11-12(2)15(21)22)14(20)13-5-7-16(17,18)8-6-13/h12-13H,3-11H2,1-2H3,(H,21,22). The van der Waals surface area contributed by atoms with E-state index in [1.165, 1.54) is 4.90 Å². The fourth-order valence-corrected chi connectivity index (χ4v) is 2.75. The van der Waals surface area contributed by atoms with Gasteiger partial charge in [0, 0.05) is 45.1 Å². The lowest BCUT2D eigenvalue weighted by Gasteiger charge is -2.32. The predicted molar refractivity (Wildman–Crippen MR) is 81.4 cm³/mol. The molecule has 0 saturated heterocycles. The zero-order valence-electron chi connectivity index (χ0n) is 13.9. The molecule has 1 amide bonds. The summed E-state index contributed by atoms with van der Waals surface area (Å²) in [6.07, 6.45) is 0.384. The van der Waals surface area contributed by atoms with Crippen LogP contribution in [0.15, 0.2) is 0 Å². The molecule has 23 heavy (non-hydrogen) atoms. The van der Waals surface area contributed by atoms with Crippen LogP contribution in [0.2, 0.25) is 0 Å². The quantitative estimate of drug-likeness (QED) is 0.658. The second kappa shape index (κ2) is 9.15. The Morgan fingerprint density at radius 3 is 2.48 bits per heavy atom. The average molecular weight is 335 g/mol. The van der Waals surface area contributed by atoms with Gasteiger partial charge in [0.05, 0.1) is 5.92 Å². The Morgan fingerprint density at radius 1 is 1.35 bits per heavy atom. The molecule has 1 unspecified atom stereocenters. The van der Waals surface area contributed by atoms with Gasteiger partial charge in [0.2, 0.25) is 11.8 Å². The lowest BCUT2D eigenvalue weighted by molar-refractivity contribution is -0.145. The van der Waals surface area contributed by atoms with Gasteiger partial charge in [0.25, 0.3) is 0 Å². The molecule has 5 nitrogen and oxygen atoms in total. The highest BCUT2D eigenvalue weighted by Crippen LogP contribution is 2.36. The normalized spacial score (nSPS) is 19.3. The Morgan fingerprint density at radius 2 is 1.96 bits per heavy atom. The van der Waals surface area contributed by atoms with Crippen LogP contribution in [0.3, 0.4) is 0 Å². The highest BCUT2D eigenvalue weighted by Gasteiger charge is 2.38. The molecule has 1 saturated carbocycles. The van der Waals surface area contributed by atoms with E-state index in [9.17, 15) is 18.4 Å². The van der Waals surface area contributed by atoms with Gasteiger partial charge in [-0.1, -0.05) is 6.92 Å². The Labute approximate surface area is 136 Å². The number of hydrogen-bond donors (Lipinski definition) is 1. The van der Waals surface area contributed by atoms with E-state index in [1.807, 2.05) is 6.92 Å². The lowest BCUT2D eigenvalue weighted by Crippen LogP contribution is -2.43. The minimum Gasteiger partial charge on any atom is -0.481 e. The number of halogens is 2. The largest absolute Gasteiger partial charge is 0.481 e. The zero-order valence-corrected chi connectivity index (χ0v) is 13.9. The van der Waals surface area contributed by atoms with Gasteiger partial charge in [-0.2, -0.15) is 0 Å². The van der Waals surface area contributed by atoms with Crippen molar-refractivity contribution in [2.75, 3.05) is 26.3 Å². The molecule has 0 aliphatic heterocycles. The zero-order chi connectivity index (χ0) is 17.5. The highest BCUT2D eigenvalue weighted by atomic mass is 19.3. The summed E-state index contributed by atoms with van der Waals surface area (Å²) in [6, 6.07) is 0. The number of hydrogen-bond acceptors (Lipinski definition) is 3. The minimum atomic E-state index is -2.68. The van der Waals surface area contributed by atoms with E-state index in [-0.39, 0.29) is 38.1 Å². The van der Waals surface area contributed by atoms with Crippen LogP contribution < -0.4 is 0 Å². The van der Waals surface area contributed by atoms with Crippen LogP contribution >= 0.6 is 0 Å². The van der Waals surface area contributed by atoms with Crippen molar-refractivity contribution >= 4 is 11.9 Å². The topological polar surface area (TPSA) is 66.8 Å². The van der Waals surface area contributed by atoms with Gasteiger partial charge in [-0.3, -0.25) is 9.59 Å². The number of ether oxygens (including phenoxy) is 1. The number of carbonyl (C=O) groups is 2. The van der Waals surface area contributed by atoms with Crippen molar-refractivity contribution in [1.82, 2.24) is 4.90 Å². The summed E-state index contributed by atoms with van der Waals surface area (Å²) < 4.78 is 31.7. The second-order valence-electron chi connectivity index (χ2n) is 6.20. The Balaban J connectivity index is 2.61. The minimum absolute atomic E-state index is 0.104. The first-order valence-corrected chi connectivity index (χ1v) is 8.24. The van der Waals surface area contributed by atoms with Crippen LogP contribution in [0.4, 0.5) is 8.78 Å². The summed E-state index contributed by atoms with van der Waals surface area (Å²) in [5, 5.41) is 9.04. The van der Waals surface area contributed by atoms with E-state index < -0.39 is 23.7 Å². The Hall–Kier alpha value is -1.24. The first kappa shape index (κ1) is 19.8. The van der Waals surface area contributed by atoms with Gasteiger partial charge >= 0.3 is 5.97 Å². The number of amides is 1. The fraction of sp³-hybridized carbons (Fsp3) is 0.875. The van der Waals surface area contributed by atoms with Gasteiger partial charge in [0.1, 0.15) is 0 Å². The van der Waals surface area contributed by atoms with Crippen LogP contribution in [-0.4, -0.2) is 54.1 Å². The molecule has 1 aliphatic carbocycles. The number of carboxylic acid groups (broad SMARTS) is 1. The number of nitrogens with zero attached hydrogens (tertiary/aromatic N) is 1. The molecule has 1 atom stereocenters. The number of aliphatic carboxylic acids is 1. The number of carboxylic acids is 1. The molecule has 1 fully saturated rings. The van der Waals surface area contributed by atoms with E-state index in [1.54, 1.807) is 6.92 Å². The summed E-state index contributed by atoms with van der Waals surface area (Å²) in [6.45, 7) is 4.98. The fourth-order valence-electron chi connectivity index (χ4n) is 2.75. The molecule has 0 heterocycles. The monoisotopic (exact) mass is 335 g/mol. The van der Waals surface area contributed by atoms with E-state index >= 15 is 0 Å².